The number of carbonyl (C=O) groups excluding carboxylic acids is 2. The molecule has 3 rings (SSSR count). The minimum Gasteiger partial charge on any atom is -0.484 e. The van der Waals surface area contributed by atoms with Crippen molar-refractivity contribution in [2.45, 2.75) is 39.7 Å². The van der Waals surface area contributed by atoms with Crippen molar-refractivity contribution in [2.24, 2.45) is 5.92 Å². The van der Waals surface area contributed by atoms with Crippen LogP contribution in [-0.4, -0.2) is 36.4 Å². The van der Waals surface area contributed by atoms with E-state index in [-0.39, 0.29) is 30.3 Å². The molecule has 1 atom stereocenters. The number of benzene rings is 2. The zero-order valence-electron chi connectivity index (χ0n) is 17.8. The smallest absolute Gasteiger partial charge is 0.257 e. The zero-order chi connectivity index (χ0) is 21.7. The molecule has 2 aromatic rings. The molecule has 0 radical (unpaired) electrons. The van der Waals surface area contributed by atoms with Gasteiger partial charge in [0.25, 0.3) is 5.91 Å². The van der Waals surface area contributed by atoms with Crippen LogP contribution in [-0.2, 0) is 16.0 Å². The first kappa shape index (κ1) is 21.8. The fourth-order valence-corrected chi connectivity index (χ4v) is 3.71. The monoisotopic (exact) mass is 412 g/mol. The Morgan fingerprint density at radius 2 is 2.03 bits per heavy atom. The van der Waals surface area contributed by atoms with Crippen LogP contribution in [0.25, 0.3) is 0 Å². The summed E-state index contributed by atoms with van der Waals surface area (Å²) in [4.78, 5) is 26.4. The van der Waals surface area contributed by atoms with E-state index in [9.17, 15) is 14.0 Å². The van der Waals surface area contributed by atoms with Crippen molar-refractivity contribution in [3.05, 3.63) is 65.0 Å². The number of ether oxygens (including phenoxy) is 1. The third kappa shape index (κ3) is 5.17. The maximum Gasteiger partial charge on any atom is 0.257 e. The summed E-state index contributed by atoms with van der Waals surface area (Å²) in [7, 11) is 0. The highest BCUT2D eigenvalue weighted by atomic mass is 19.1. The molecular formula is C24H29FN2O3. The normalized spacial score (nSPS) is 15.6. The minimum absolute atomic E-state index is 0.0225. The fraction of sp³-hybridized carbons (Fsp3) is 0.417. The lowest BCUT2D eigenvalue weighted by atomic mass is 9.87. The summed E-state index contributed by atoms with van der Waals surface area (Å²) in [6, 6.07) is 11.7. The zero-order valence-corrected chi connectivity index (χ0v) is 17.8. The Morgan fingerprint density at radius 1 is 1.23 bits per heavy atom. The summed E-state index contributed by atoms with van der Waals surface area (Å²) in [6.07, 6.45) is 1.11. The van der Waals surface area contributed by atoms with Crippen molar-refractivity contribution in [1.29, 1.82) is 0 Å². The van der Waals surface area contributed by atoms with E-state index < -0.39 is 0 Å². The lowest BCUT2D eigenvalue weighted by Crippen LogP contribution is -2.40. The Bertz CT molecular complexity index is 913. The molecule has 6 heteroatoms. The molecule has 2 aromatic carbocycles. The molecule has 0 fully saturated rings. The summed E-state index contributed by atoms with van der Waals surface area (Å²) < 4.78 is 19.7. The topological polar surface area (TPSA) is 58.6 Å². The second-order valence-corrected chi connectivity index (χ2v) is 8.00. The van der Waals surface area contributed by atoms with Gasteiger partial charge < -0.3 is 15.0 Å². The van der Waals surface area contributed by atoms with Crippen LogP contribution in [0.15, 0.2) is 42.5 Å². The maximum atomic E-state index is 14.0. The van der Waals surface area contributed by atoms with Gasteiger partial charge in [0.15, 0.2) is 6.61 Å². The van der Waals surface area contributed by atoms with Crippen molar-refractivity contribution >= 4 is 11.8 Å². The fourth-order valence-electron chi connectivity index (χ4n) is 3.71. The van der Waals surface area contributed by atoms with Crippen molar-refractivity contribution in [3.8, 4) is 5.75 Å². The van der Waals surface area contributed by atoms with E-state index in [1.165, 1.54) is 12.1 Å². The number of hydrogen-bond acceptors (Lipinski definition) is 3. The third-order valence-electron chi connectivity index (χ3n) is 5.21. The lowest BCUT2D eigenvalue weighted by molar-refractivity contribution is -0.133. The predicted octanol–water partition coefficient (Wildman–Crippen LogP) is 3.86. The summed E-state index contributed by atoms with van der Waals surface area (Å²) in [6.45, 7) is 6.99. The van der Waals surface area contributed by atoms with Crippen LogP contribution in [0.3, 0.4) is 0 Å². The summed E-state index contributed by atoms with van der Waals surface area (Å²) in [5.41, 5.74) is 2.74. The Morgan fingerprint density at radius 3 is 2.73 bits per heavy atom. The first-order chi connectivity index (χ1) is 14.4. The molecule has 160 valence electrons. The molecule has 0 aromatic heterocycles. The molecule has 1 N–H and O–H groups in total. The van der Waals surface area contributed by atoms with Crippen molar-refractivity contribution in [1.82, 2.24) is 10.2 Å². The molecule has 0 aliphatic carbocycles. The SMILES string of the molecule is CCC(=O)N1CCc2ccc(OCC(=O)NCC(C)C)cc2C1c1cccc(F)c1. The van der Waals surface area contributed by atoms with Crippen LogP contribution < -0.4 is 10.1 Å². The highest BCUT2D eigenvalue weighted by molar-refractivity contribution is 5.78. The van der Waals surface area contributed by atoms with E-state index in [1.54, 1.807) is 11.0 Å². The minimum atomic E-state index is -0.379. The Labute approximate surface area is 177 Å². The molecule has 1 aliphatic heterocycles. The molecule has 0 spiro atoms. The standard InChI is InChI=1S/C24H29FN2O3/c1-4-23(29)27-11-10-17-8-9-20(30-15-22(28)26-14-16(2)3)13-21(17)24(27)18-6-5-7-19(25)12-18/h5-9,12-13,16,24H,4,10-11,14-15H2,1-3H3,(H,26,28). The number of hydrogen-bond donors (Lipinski definition) is 1. The van der Waals surface area contributed by atoms with Gasteiger partial charge in [-0.1, -0.05) is 39.0 Å². The van der Waals surface area contributed by atoms with Gasteiger partial charge in [-0.05, 0) is 53.3 Å². The Balaban J connectivity index is 1.87. The van der Waals surface area contributed by atoms with Crippen molar-refractivity contribution in [3.63, 3.8) is 0 Å². The van der Waals surface area contributed by atoms with Gasteiger partial charge in [0, 0.05) is 19.5 Å². The van der Waals surface area contributed by atoms with Gasteiger partial charge in [-0.25, -0.2) is 4.39 Å². The molecule has 1 heterocycles. The van der Waals surface area contributed by atoms with Gasteiger partial charge in [0.1, 0.15) is 11.6 Å². The van der Waals surface area contributed by atoms with E-state index in [0.717, 1.165) is 23.1 Å². The second kappa shape index (κ2) is 9.74. The van der Waals surface area contributed by atoms with Gasteiger partial charge in [-0.3, -0.25) is 9.59 Å². The summed E-state index contributed by atoms with van der Waals surface area (Å²) in [5, 5.41) is 2.83. The number of rotatable bonds is 7. The van der Waals surface area contributed by atoms with Crippen LogP contribution in [0.4, 0.5) is 4.39 Å². The number of fused-ring (bicyclic) bond motifs is 1. The quantitative estimate of drug-likeness (QED) is 0.751. The summed E-state index contributed by atoms with van der Waals surface area (Å²) >= 11 is 0. The van der Waals surface area contributed by atoms with Gasteiger partial charge >= 0.3 is 0 Å². The molecule has 0 saturated heterocycles. The molecule has 30 heavy (non-hydrogen) atoms. The predicted molar refractivity (Wildman–Crippen MR) is 114 cm³/mol. The average molecular weight is 413 g/mol. The largest absolute Gasteiger partial charge is 0.484 e. The highest BCUT2D eigenvalue weighted by Gasteiger charge is 2.32. The van der Waals surface area contributed by atoms with Gasteiger partial charge in [-0.15, -0.1) is 0 Å². The van der Waals surface area contributed by atoms with E-state index >= 15 is 0 Å². The highest BCUT2D eigenvalue weighted by Crippen LogP contribution is 2.37. The first-order valence-corrected chi connectivity index (χ1v) is 10.5. The third-order valence-corrected chi connectivity index (χ3v) is 5.21. The Kier molecular flexibility index (Phi) is 7.08. The van der Waals surface area contributed by atoms with Crippen LogP contribution >= 0.6 is 0 Å². The Hall–Kier alpha value is -2.89. The van der Waals surface area contributed by atoms with Crippen molar-refractivity contribution < 1.29 is 18.7 Å². The summed E-state index contributed by atoms with van der Waals surface area (Å²) in [5.74, 6) is 0.436. The van der Waals surface area contributed by atoms with Crippen LogP contribution in [0.2, 0.25) is 0 Å². The van der Waals surface area contributed by atoms with E-state index in [2.05, 4.69) is 5.32 Å². The number of carbonyl (C=O) groups is 2. The number of nitrogens with zero attached hydrogens (tertiary/aromatic N) is 1. The first-order valence-electron chi connectivity index (χ1n) is 10.5. The lowest BCUT2D eigenvalue weighted by Gasteiger charge is -2.38. The number of nitrogens with one attached hydrogen (secondary N) is 1. The maximum absolute atomic E-state index is 14.0. The van der Waals surface area contributed by atoms with E-state index in [4.69, 9.17) is 4.74 Å². The number of halogens is 1. The van der Waals surface area contributed by atoms with Gasteiger partial charge in [-0.2, -0.15) is 0 Å². The van der Waals surface area contributed by atoms with Crippen LogP contribution in [0.1, 0.15) is 49.9 Å². The van der Waals surface area contributed by atoms with Crippen LogP contribution in [0.5, 0.6) is 5.75 Å². The molecule has 0 bridgehead atoms. The second-order valence-electron chi connectivity index (χ2n) is 8.00. The molecule has 5 nitrogen and oxygen atoms in total. The number of amides is 2. The van der Waals surface area contributed by atoms with E-state index in [1.807, 2.05) is 45.0 Å². The molecule has 0 saturated carbocycles. The van der Waals surface area contributed by atoms with Crippen LogP contribution in [0, 0.1) is 11.7 Å². The van der Waals surface area contributed by atoms with Crippen molar-refractivity contribution in [2.75, 3.05) is 19.7 Å². The molecule has 1 unspecified atom stereocenters. The molecular weight excluding hydrogens is 383 g/mol. The molecule has 2 amide bonds. The van der Waals surface area contributed by atoms with Gasteiger partial charge in [0.05, 0.1) is 6.04 Å². The van der Waals surface area contributed by atoms with E-state index in [0.29, 0.717) is 31.2 Å². The average Bonchev–Trinajstić information content (AvgIpc) is 2.74. The van der Waals surface area contributed by atoms with Gasteiger partial charge in [0.2, 0.25) is 5.91 Å². The molecule has 1 aliphatic rings.